The zero-order chi connectivity index (χ0) is 19.5. The van der Waals surface area contributed by atoms with E-state index >= 15 is 0 Å². The summed E-state index contributed by atoms with van der Waals surface area (Å²) in [5, 5.41) is 12.4. The van der Waals surface area contributed by atoms with Crippen molar-refractivity contribution in [2.75, 3.05) is 41.3 Å². The van der Waals surface area contributed by atoms with Gasteiger partial charge in [-0.05, 0) is 43.5 Å². The minimum Gasteiger partial charge on any atom is -0.478 e. The normalized spacial score (nSPS) is 17.1. The number of amides is 1. The van der Waals surface area contributed by atoms with Gasteiger partial charge in [-0.2, -0.15) is 0 Å². The largest absolute Gasteiger partial charge is 0.478 e. The highest BCUT2D eigenvalue weighted by atomic mass is 16.4. The van der Waals surface area contributed by atoms with Crippen molar-refractivity contribution in [1.82, 2.24) is 9.97 Å². The Morgan fingerprint density at radius 3 is 2.46 bits per heavy atom. The van der Waals surface area contributed by atoms with Gasteiger partial charge in [0.1, 0.15) is 0 Å². The number of anilines is 3. The zero-order valence-electron chi connectivity index (χ0n) is 15.5. The summed E-state index contributed by atoms with van der Waals surface area (Å²) in [4.78, 5) is 36.7. The molecule has 1 saturated carbocycles. The molecule has 1 amide bonds. The number of aromatic carboxylic acids is 1. The molecule has 8 heteroatoms. The van der Waals surface area contributed by atoms with Crippen LogP contribution in [0.5, 0.6) is 0 Å². The van der Waals surface area contributed by atoms with Crippen LogP contribution in [-0.4, -0.2) is 53.1 Å². The first-order valence-corrected chi connectivity index (χ1v) is 9.57. The number of nitrogens with zero attached hydrogens (tertiary/aromatic N) is 4. The summed E-state index contributed by atoms with van der Waals surface area (Å²) < 4.78 is 0. The van der Waals surface area contributed by atoms with Crippen molar-refractivity contribution in [2.45, 2.75) is 19.3 Å². The lowest BCUT2D eigenvalue weighted by Crippen LogP contribution is -2.31. The highest BCUT2D eigenvalue weighted by molar-refractivity contribution is 6.02. The molecule has 2 N–H and O–H groups in total. The topological polar surface area (TPSA) is 98.7 Å². The van der Waals surface area contributed by atoms with Crippen LogP contribution in [-0.2, 0) is 4.79 Å². The number of benzene rings is 1. The third kappa shape index (κ3) is 4.05. The predicted molar refractivity (Wildman–Crippen MR) is 106 cm³/mol. The molecule has 1 aromatic heterocycles. The monoisotopic (exact) mass is 381 g/mol. The second-order valence-electron chi connectivity index (χ2n) is 7.18. The van der Waals surface area contributed by atoms with Crippen molar-refractivity contribution < 1.29 is 14.7 Å². The molecular weight excluding hydrogens is 358 g/mol. The van der Waals surface area contributed by atoms with E-state index in [9.17, 15) is 14.7 Å². The maximum Gasteiger partial charge on any atom is 0.337 e. The van der Waals surface area contributed by atoms with Crippen LogP contribution in [0.3, 0.4) is 0 Å². The fourth-order valence-electron chi connectivity index (χ4n) is 3.43. The van der Waals surface area contributed by atoms with Gasteiger partial charge in [0.05, 0.1) is 11.3 Å². The van der Waals surface area contributed by atoms with E-state index in [0.717, 1.165) is 51.1 Å². The van der Waals surface area contributed by atoms with Crippen molar-refractivity contribution in [3.05, 3.63) is 42.2 Å². The fourth-order valence-corrected chi connectivity index (χ4v) is 3.43. The van der Waals surface area contributed by atoms with Crippen LogP contribution in [0, 0.1) is 5.92 Å². The Bertz CT molecular complexity index is 869. The molecule has 0 bridgehead atoms. The van der Waals surface area contributed by atoms with E-state index in [2.05, 4.69) is 25.1 Å². The van der Waals surface area contributed by atoms with Crippen LogP contribution in [0.15, 0.2) is 36.7 Å². The number of hydrogen-bond acceptors (Lipinski definition) is 6. The summed E-state index contributed by atoms with van der Waals surface area (Å²) in [6.07, 6.45) is 6.14. The molecule has 1 saturated heterocycles. The number of carbonyl (C=O) groups is 2. The van der Waals surface area contributed by atoms with Gasteiger partial charge in [-0.25, -0.2) is 14.8 Å². The average molecular weight is 381 g/mol. The molecule has 1 aromatic carbocycles. The SMILES string of the molecule is O=C(O)c1cc(N2CCCN(c3ncccn3)CC2)ccc1NC(=O)C1CC1. The van der Waals surface area contributed by atoms with Crippen LogP contribution in [0.4, 0.5) is 17.3 Å². The minimum atomic E-state index is -1.04. The molecule has 1 aliphatic heterocycles. The highest BCUT2D eigenvalue weighted by Crippen LogP contribution is 2.31. The molecule has 2 aromatic rings. The second-order valence-corrected chi connectivity index (χ2v) is 7.18. The van der Waals surface area contributed by atoms with Gasteiger partial charge in [0.25, 0.3) is 0 Å². The van der Waals surface area contributed by atoms with Crippen molar-refractivity contribution in [3.8, 4) is 0 Å². The molecule has 2 fully saturated rings. The lowest BCUT2D eigenvalue weighted by Gasteiger charge is -2.24. The van der Waals surface area contributed by atoms with E-state index in [0.29, 0.717) is 11.6 Å². The lowest BCUT2D eigenvalue weighted by molar-refractivity contribution is -0.117. The molecule has 146 valence electrons. The number of hydrogen-bond donors (Lipinski definition) is 2. The molecule has 0 radical (unpaired) electrons. The van der Waals surface area contributed by atoms with Crippen molar-refractivity contribution in [2.24, 2.45) is 5.92 Å². The molecule has 0 unspecified atom stereocenters. The number of rotatable bonds is 5. The first-order chi connectivity index (χ1) is 13.6. The van der Waals surface area contributed by atoms with Gasteiger partial charge in [0.2, 0.25) is 11.9 Å². The van der Waals surface area contributed by atoms with Crippen LogP contribution in [0.1, 0.15) is 29.6 Å². The smallest absolute Gasteiger partial charge is 0.337 e. The van der Waals surface area contributed by atoms with Crippen LogP contribution in [0.25, 0.3) is 0 Å². The molecule has 2 heterocycles. The number of aromatic nitrogens is 2. The van der Waals surface area contributed by atoms with Crippen LogP contribution < -0.4 is 15.1 Å². The molecule has 2 aliphatic rings. The molecule has 4 rings (SSSR count). The third-order valence-electron chi connectivity index (χ3n) is 5.14. The maximum atomic E-state index is 12.0. The Labute approximate surface area is 163 Å². The Hall–Kier alpha value is -3.16. The van der Waals surface area contributed by atoms with E-state index < -0.39 is 5.97 Å². The average Bonchev–Trinajstić information content (AvgIpc) is 3.56. The molecule has 0 atom stereocenters. The summed E-state index contributed by atoms with van der Waals surface area (Å²) in [7, 11) is 0. The Morgan fingerprint density at radius 2 is 1.75 bits per heavy atom. The summed E-state index contributed by atoms with van der Waals surface area (Å²) in [6.45, 7) is 3.16. The Kier molecular flexibility index (Phi) is 5.10. The standard InChI is InChI=1S/C20H23N5O3/c26-18(14-3-4-14)23-17-6-5-15(13-16(17)19(27)28)24-9-2-10-25(12-11-24)20-21-7-1-8-22-20/h1,5-8,13-14H,2-4,9-12H2,(H,23,26)(H,27,28). The van der Waals surface area contributed by atoms with Gasteiger partial charge < -0.3 is 20.2 Å². The second kappa shape index (κ2) is 7.84. The Balaban J connectivity index is 1.49. The summed E-state index contributed by atoms with van der Waals surface area (Å²) in [5.74, 6) is -0.391. The van der Waals surface area contributed by atoms with Crippen molar-refractivity contribution in [3.63, 3.8) is 0 Å². The number of carboxylic acid groups (broad SMARTS) is 1. The third-order valence-corrected chi connectivity index (χ3v) is 5.14. The van der Waals surface area contributed by atoms with Gasteiger partial charge >= 0.3 is 5.97 Å². The van der Waals surface area contributed by atoms with E-state index in [-0.39, 0.29) is 17.4 Å². The molecule has 8 nitrogen and oxygen atoms in total. The fraction of sp³-hybridized carbons (Fsp3) is 0.400. The molecule has 0 spiro atoms. The van der Waals surface area contributed by atoms with Crippen molar-refractivity contribution in [1.29, 1.82) is 0 Å². The zero-order valence-corrected chi connectivity index (χ0v) is 15.5. The van der Waals surface area contributed by atoms with E-state index in [1.54, 1.807) is 30.6 Å². The number of nitrogens with one attached hydrogen (secondary N) is 1. The molecular formula is C20H23N5O3. The van der Waals surface area contributed by atoms with Crippen LogP contribution >= 0.6 is 0 Å². The van der Waals surface area contributed by atoms with Gasteiger partial charge in [-0.15, -0.1) is 0 Å². The number of carbonyl (C=O) groups excluding carboxylic acids is 1. The van der Waals surface area contributed by atoms with Gasteiger partial charge in [0, 0.05) is 50.2 Å². The van der Waals surface area contributed by atoms with E-state index in [1.807, 2.05) is 6.07 Å². The Morgan fingerprint density at radius 1 is 1.04 bits per heavy atom. The van der Waals surface area contributed by atoms with Crippen LogP contribution in [0.2, 0.25) is 0 Å². The lowest BCUT2D eigenvalue weighted by atomic mass is 10.1. The van der Waals surface area contributed by atoms with Gasteiger partial charge in [-0.1, -0.05) is 0 Å². The maximum absolute atomic E-state index is 12.0. The van der Waals surface area contributed by atoms with Gasteiger partial charge in [-0.3, -0.25) is 4.79 Å². The van der Waals surface area contributed by atoms with Gasteiger partial charge in [0.15, 0.2) is 0 Å². The quantitative estimate of drug-likeness (QED) is 0.819. The number of carboxylic acids is 1. The first kappa shape index (κ1) is 18.2. The summed E-state index contributed by atoms with van der Waals surface area (Å²) in [5.41, 5.74) is 1.33. The molecule has 1 aliphatic carbocycles. The first-order valence-electron chi connectivity index (χ1n) is 9.57. The molecule has 28 heavy (non-hydrogen) atoms. The highest BCUT2D eigenvalue weighted by Gasteiger charge is 2.30. The van der Waals surface area contributed by atoms with Crippen molar-refractivity contribution >= 4 is 29.2 Å². The van der Waals surface area contributed by atoms with E-state index in [4.69, 9.17) is 0 Å². The van der Waals surface area contributed by atoms with E-state index in [1.165, 1.54) is 0 Å². The minimum absolute atomic E-state index is 0.0260. The summed E-state index contributed by atoms with van der Waals surface area (Å²) in [6, 6.07) is 7.02. The summed E-state index contributed by atoms with van der Waals surface area (Å²) >= 11 is 0. The predicted octanol–water partition coefficient (Wildman–Crippen LogP) is 2.24.